The van der Waals surface area contributed by atoms with E-state index in [-0.39, 0.29) is 5.60 Å². The van der Waals surface area contributed by atoms with Crippen LogP contribution in [0.15, 0.2) is 12.1 Å². The van der Waals surface area contributed by atoms with Crippen molar-refractivity contribution in [2.75, 3.05) is 0 Å². The molecule has 2 bridgehead atoms. The number of rotatable bonds is 1. The standard InChI is InChI=1S/C17H24O2/c1-10(2)13-5-6-17(4)9-14(13)16-11(3)7-12(18)8-15(16)19-17/h7-8,10,13-14,18H,5-6,9H2,1-4H3/t13-,14-,17+/m1/s1. The van der Waals surface area contributed by atoms with Crippen LogP contribution in [0, 0.1) is 18.8 Å². The van der Waals surface area contributed by atoms with Gasteiger partial charge in [-0.15, -0.1) is 0 Å². The van der Waals surface area contributed by atoms with Crippen LogP contribution in [0.5, 0.6) is 11.5 Å². The molecule has 0 saturated heterocycles. The molecule has 1 aliphatic heterocycles. The Morgan fingerprint density at radius 1 is 1.37 bits per heavy atom. The van der Waals surface area contributed by atoms with Gasteiger partial charge in [-0.2, -0.15) is 0 Å². The predicted octanol–water partition coefficient (Wildman–Crippen LogP) is 4.39. The fraction of sp³-hybridized carbons (Fsp3) is 0.647. The summed E-state index contributed by atoms with van der Waals surface area (Å²) in [6, 6.07) is 3.67. The number of phenols is 1. The van der Waals surface area contributed by atoms with Crippen molar-refractivity contribution < 1.29 is 9.84 Å². The highest BCUT2D eigenvalue weighted by molar-refractivity contribution is 5.50. The van der Waals surface area contributed by atoms with Crippen LogP contribution in [-0.2, 0) is 0 Å². The summed E-state index contributed by atoms with van der Waals surface area (Å²) < 4.78 is 6.22. The molecule has 1 aromatic carbocycles. The Labute approximate surface area is 115 Å². The molecule has 0 radical (unpaired) electrons. The van der Waals surface area contributed by atoms with E-state index in [9.17, 15) is 5.11 Å². The Hall–Kier alpha value is -1.18. The normalized spacial score (nSPS) is 32.9. The topological polar surface area (TPSA) is 29.5 Å². The van der Waals surface area contributed by atoms with E-state index in [1.807, 2.05) is 6.07 Å². The molecule has 0 unspecified atom stereocenters. The zero-order valence-corrected chi connectivity index (χ0v) is 12.4. The molecule has 1 aliphatic carbocycles. The highest BCUT2D eigenvalue weighted by Gasteiger charge is 2.46. The number of fused-ring (bicyclic) bond motifs is 4. The van der Waals surface area contributed by atoms with Crippen molar-refractivity contribution in [3.8, 4) is 11.5 Å². The van der Waals surface area contributed by atoms with Gasteiger partial charge in [-0.1, -0.05) is 13.8 Å². The van der Waals surface area contributed by atoms with Gasteiger partial charge in [-0.3, -0.25) is 0 Å². The Bertz CT molecular complexity index is 506. The van der Waals surface area contributed by atoms with Crippen molar-refractivity contribution in [1.29, 1.82) is 0 Å². The number of hydrogen-bond donors (Lipinski definition) is 1. The van der Waals surface area contributed by atoms with E-state index >= 15 is 0 Å². The average molecular weight is 260 g/mol. The molecule has 3 atom stereocenters. The molecule has 1 fully saturated rings. The first-order valence-corrected chi connectivity index (χ1v) is 7.42. The highest BCUT2D eigenvalue weighted by Crippen LogP contribution is 2.54. The summed E-state index contributed by atoms with van der Waals surface area (Å²) in [6.07, 6.45) is 3.49. The van der Waals surface area contributed by atoms with Crippen molar-refractivity contribution >= 4 is 0 Å². The van der Waals surface area contributed by atoms with Gasteiger partial charge in [0, 0.05) is 11.6 Å². The monoisotopic (exact) mass is 260 g/mol. The third kappa shape index (κ3) is 2.01. The summed E-state index contributed by atoms with van der Waals surface area (Å²) in [7, 11) is 0. The van der Waals surface area contributed by atoms with Gasteiger partial charge in [0.05, 0.1) is 0 Å². The Morgan fingerprint density at radius 2 is 2.11 bits per heavy atom. The molecular weight excluding hydrogens is 236 g/mol. The van der Waals surface area contributed by atoms with Crippen LogP contribution in [0.4, 0.5) is 0 Å². The summed E-state index contributed by atoms with van der Waals surface area (Å²) in [6.45, 7) is 8.98. The van der Waals surface area contributed by atoms with E-state index in [2.05, 4.69) is 27.7 Å². The van der Waals surface area contributed by atoms with Crippen LogP contribution in [0.2, 0.25) is 0 Å². The zero-order valence-electron chi connectivity index (χ0n) is 12.4. The molecule has 2 heteroatoms. The van der Waals surface area contributed by atoms with Crippen molar-refractivity contribution in [1.82, 2.24) is 0 Å². The van der Waals surface area contributed by atoms with Gasteiger partial charge in [-0.05, 0) is 62.5 Å². The van der Waals surface area contributed by atoms with E-state index in [1.54, 1.807) is 6.07 Å². The average Bonchev–Trinajstić information content (AvgIpc) is 2.25. The lowest BCUT2D eigenvalue weighted by Gasteiger charge is -2.49. The van der Waals surface area contributed by atoms with Gasteiger partial charge >= 0.3 is 0 Å². The predicted molar refractivity (Wildman–Crippen MR) is 76.8 cm³/mol. The van der Waals surface area contributed by atoms with Crippen molar-refractivity contribution in [3.63, 3.8) is 0 Å². The van der Waals surface area contributed by atoms with Crippen LogP contribution >= 0.6 is 0 Å². The first-order chi connectivity index (χ1) is 8.89. The van der Waals surface area contributed by atoms with Gasteiger partial charge in [0.15, 0.2) is 0 Å². The molecule has 1 aromatic rings. The van der Waals surface area contributed by atoms with Crippen molar-refractivity contribution in [3.05, 3.63) is 23.3 Å². The van der Waals surface area contributed by atoms with Crippen LogP contribution in [0.1, 0.15) is 57.1 Å². The lowest BCUT2D eigenvalue weighted by atomic mass is 9.64. The third-order valence-corrected chi connectivity index (χ3v) is 5.09. The maximum Gasteiger partial charge on any atom is 0.127 e. The second-order valence-electron chi connectivity index (χ2n) is 6.98. The molecule has 19 heavy (non-hydrogen) atoms. The van der Waals surface area contributed by atoms with Crippen LogP contribution in [0.25, 0.3) is 0 Å². The maximum absolute atomic E-state index is 9.81. The molecule has 3 rings (SSSR count). The number of hydrogen-bond acceptors (Lipinski definition) is 2. The highest BCUT2D eigenvalue weighted by atomic mass is 16.5. The molecule has 2 nitrogen and oxygen atoms in total. The fourth-order valence-electron chi connectivity index (χ4n) is 4.17. The molecule has 0 aromatic heterocycles. The minimum absolute atomic E-state index is 0.0384. The molecule has 0 spiro atoms. The molecule has 2 aliphatic rings. The van der Waals surface area contributed by atoms with Gasteiger partial charge < -0.3 is 9.84 Å². The van der Waals surface area contributed by atoms with Crippen LogP contribution < -0.4 is 4.74 Å². The van der Waals surface area contributed by atoms with Crippen molar-refractivity contribution in [2.24, 2.45) is 11.8 Å². The molecule has 1 N–H and O–H groups in total. The van der Waals surface area contributed by atoms with E-state index in [1.165, 1.54) is 17.5 Å². The fourth-order valence-corrected chi connectivity index (χ4v) is 4.17. The molecular formula is C17H24O2. The first kappa shape index (κ1) is 12.8. The van der Waals surface area contributed by atoms with Gasteiger partial charge in [0.2, 0.25) is 0 Å². The van der Waals surface area contributed by atoms with Crippen molar-refractivity contribution in [2.45, 2.75) is 58.5 Å². The first-order valence-electron chi connectivity index (χ1n) is 7.42. The lowest BCUT2D eigenvalue weighted by molar-refractivity contribution is -0.00809. The quantitative estimate of drug-likeness (QED) is 0.811. The van der Waals surface area contributed by atoms with E-state index < -0.39 is 0 Å². The van der Waals surface area contributed by atoms with Crippen LogP contribution in [-0.4, -0.2) is 10.7 Å². The number of aromatic hydroxyl groups is 1. The van der Waals surface area contributed by atoms with Gasteiger partial charge in [0.25, 0.3) is 0 Å². The second kappa shape index (κ2) is 4.16. The van der Waals surface area contributed by atoms with Crippen LogP contribution in [0.3, 0.4) is 0 Å². The number of aryl methyl sites for hydroxylation is 1. The molecule has 104 valence electrons. The summed E-state index contributed by atoms with van der Waals surface area (Å²) in [5.41, 5.74) is 2.48. The Kier molecular flexibility index (Phi) is 2.81. The lowest BCUT2D eigenvalue weighted by Crippen LogP contribution is -2.45. The van der Waals surface area contributed by atoms with Gasteiger partial charge in [0.1, 0.15) is 17.1 Å². The Morgan fingerprint density at radius 3 is 2.79 bits per heavy atom. The zero-order chi connectivity index (χ0) is 13.8. The van der Waals surface area contributed by atoms with E-state index in [0.717, 1.165) is 24.5 Å². The minimum atomic E-state index is -0.0384. The largest absolute Gasteiger partial charge is 0.508 e. The summed E-state index contributed by atoms with van der Waals surface area (Å²) in [5.74, 6) is 3.26. The smallest absolute Gasteiger partial charge is 0.127 e. The third-order valence-electron chi connectivity index (χ3n) is 5.09. The molecule has 1 heterocycles. The summed E-state index contributed by atoms with van der Waals surface area (Å²) in [4.78, 5) is 0. The van der Waals surface area contributed by atoms with E-state index in [4.69, 9.17) is 4.74 Å². The maximum atomic E-state index is 9.81. The summed E-state index contributed by atoms with van der Waals surface area (Å²) in [5, 5.41) is 9.81. The molecule has 0 amide bonds. The second-order valence-corrected chi connectivity index (χ2v) is 6.98. The SMILES string of the molecule is Cc1cc(O)cc2c1[C@@H]1C[C@](C)(CC[C@@H]1C(C)C)O2. The van der Waals surface area contributed by atoms with E-state index in [0.29, 0.717) is 17.6 Å². The number of benzene rings is 1. The summed E-state index contributed by atoms with van der Waals surface area (Å²) >= 11 is 0. The Balaban J connectivity index is 2.12. The number of phenolic OH excluding ortho intramolecular Hbond substituents is 1. The molecule has 1 saturated carbocycles. The number of ether oxygens (including phenoxy) is 1. The van der Waals surface area contributed by atoms with Gasteiger partial charge in [-0.25, -0.2) is 0 Å². The minimum Gasteiger partial charge on any atom is -0.508 e.